The maximum Gasteiger partial charge on any atom is 0.410 e. The van der Waals surface area contributed by atoms with Crippen molar-refractivity contribution in [3.05, 3.63) is 60.4 Å². The van der Waals surface area contributed by atoms with E-state index in [4.69, 9.17) is 19.9 Å². The fraction of sp³-hybridized carbons (Fsp3) is 0.379. The molecular weight excluding hydrogens is 576 g/mol. The summed E-state index contributed by atoms with van der Waals surface area (Å²) in [6.45, 7) is 6.05. The average Bonchev–Trinajstić information content (AvgIpc) is 2.95. The Labute approximate surface area is 251 Å². The summed E-state index contributed by atoms with van der Waals surface area (Å²) in [5.41, 5.74) is 6.41. The number of para-hydroxylation sites is 2. The zero-order chi connectivity index (χ0) is 31.2. The quantitative estimate of drug-likeness (QED) is 0.360. The molecule has 2 aliphatic heterocycles. The Morgan fingerprint density at radius 1 is 1.02 bits per heavy atom. The highest BCUT2D eigenvalue weighted by molar-refractivity contribution is 7.89. The van der Waals surface area contributed by atoms with E-state index in [0.29, 0.717) is 22.7 Å². The second-order valence-electron chi connectivity index (χ2n) is 10.7. The van der Waals surface area contributed by atoms with E-state index in [9.17, 15) is 18.0 Å². The lowest BCUT2D eigenvalue weighted by Crippen LogP contribution is -2.43. The molecule has 2 aliphatic rings. The summed E-state index contributed by atoms with van der Waals surface area (Å²) in [6, 6.07) is 12.9. The van der Waals surface area contributed by atoms with Gasteiger partial charge in [0.05, 0.1) is 35.7 Å². The molecule has 2 amide bonds. The summed E-state index contributed by atoms with van der Waals surface area (Å²) < 4.78 is 44.9. The summed E-state index contributed by atoms with van der Waals surface area (Å²) in [7, 11) is -2.45. The van der Waals surface area contributed by atoms with E-state index in [1.54, 1.807) is 57.2 Å². The number of likely N-dealkylation sites (N-methyl/N-ethyl adjacent to an activating group) is 1. The van der Waals surface area contributed by atoms with Crippen molar-refractivity contribution in [2.75, 3.05) is 57.6 Å². The average molecular weight is 613 g/mol. The molecule has 0 unspecified atom stereocenters. The van der Waals surface area contributed by atoms with Crippen LogP contribution in [0, 0.1) is 0 Å². The van der Waals surface area contributed by atoms with Crippen molar-refractivity contribution in [2.45, 2.75) is 31.3 Å². The molecule has 13 nitrogen and oxygen atoms in total. The Morgan fingerprint density at radius 3 is 2.47 bits per heavy atom. The van der Waals surface area contributed by atoms with Gasteiger partial charge in [0.15, 0.2) is 11.5 Å². The van der Waals surface area contributed by atoms with Gasteiger partial charge in [-0.15, -0.1) is 0 Å². The van der Waals surface area contributed by atoms with Gasteiger partial charge in [-0.1, -0.05) is 24.3 Å². The Balaban J connectivity index is 1.65. The zero-order valence-corrected chi connectivity index (χ0v) is 25.4. The number of carbonyl (C=O) groups is 2. The van der Waals surface area contributed by atoms with Gasteiger partial charge in [-0.25, -0.2) is 23.2 Å². The Morgan fingerprint density at radius 2 is 1.74 bits per heavy atom. The normalized spacial score (nSPS) is 17.0. The number of aromatic nitrogens is 2. The van der Waals surface area contributed by atoms with Gasteiger partial charge >= 0.3 is 6.09 Å². The predicted molar refractivity (Wildman–Crippen MR) is 160 cm³/mol. The lowest BCUT2D eigenvalue weighted by atomic mass is 10.1. The Hall–Kier alpha value is -4.27. The molecule has 4 bridgehead atoms. The van der Waals surface area contributed by atoms with E-state index in [-0.39, 0.29) is 55.9 Å². The molecule has 0 radical (unpaired) electrons. The van der Waals surface area contributed by atoms with Crippen molar-refractivity contribution in [3.8, 4) is 17.0 Å². The van der Waals surface area contributed by atoms with Crippen molar-refractivity contribution in [3.63, 3.8) is 0 Å². The lowest BCUT2D eigenvalue weighted by Gasteiger charge is -2.28. The number of hydrogen-bond acceptors (Lipinski definition) is 10. The van der Waals surface area contributed by atoms with Gasteiger partial charge in [-0.3, -0.25) is 4.79 Å². The van der Waals surface area contributed by atoms with Crippen LogP contribution in [-0.2, 0) is 19.5 Å². The number of nitrogens with one attached hydrogen (secondary N) is 1. The number of anilines is 2. The van der Waals surface area contributed by atoms with E-state index >= 15 is 0 Å². The minimum absolute atomic E-state index is 0.0190. The van der Waals surface area contributed by atoms with Crippen LogP contribution in [0.3, 0.4) is 0 Å². The summed E-state index contributed by atoms with van der Waals surface area (Å²) in [5.74, 6) is -0.243. The van der Waals surface area contributed by atoms with Gasteiger partial charge in [-0.05, 0) is 45.0 Å². The number of benzene rings is 2. The molecule has 0 saturated carbocycles. The van der Waals surface area contributed by atoms with Gasteiger partial charge in [0.2, 0.25) is 10.0 Å². The molecule has 5 rings (SSSR count). The van der Waals surface area contributed by atoms with Crippen LogP contribution < -0.4 is 15.8 Å². The lowest BCUT2D eigenvalue weighted by molar-refractivity contribution is 0.0155. The number of amides is 2. The minimum Gasteiger partial charge on any atom is -0.489 e. The van der Waals surface area contributed by atoms with Crippen LogP contribution in [0.25, 0.3) is 11.3 Å². The first-order valence-corrected chi connectivity index (χ1v) is 15.1. The van der Waals surface area contributed by atoms with Crippen LogP contribution in [0.4, 0.5) is 16.3 Å². The second-order valence-corrected chi connectivity index (χ2v) is 12.8. The van der Waals surface area contributed by atoms with E-state index in [1.807, 2.05) is 0 Å². The van der Waals surface area contributed by atoms with Gasteiger partial charge < -0.3 is 30.2 Å². The largest absolute Gasteiger partial charge is 0.489 e. The number of fused-ring (bicyclic) bond motifs is 13. The number of nitrogens with zero attached hydrogens (tertiary/aromatic N) is 4. The second kappa shape index (κ2) is 13.4. The first-order valence-electron chi connectivity index (χ1n) is 13.6. The van der Waals surface area contributed by atoms with E-state index < -0.39 is 27.6 Å². The smallest absolute Gasteiger partial charge is 0.410 e. The van der Waals surface area contributed by atoms with E-state index in [0.717, 1.165) is 0 Å². The number of nitrogens with two attached hydrogens (primary N) is 1. The highest BCUT2D eigenvalue weighted by Gasteiger charge is 2.26. The fourth-order valence-electron chi connectivity index (χ4n) is 4.05. The molecule has 3 heterocycles. The number of hydrogen-bond donors (Lipinski definition) is 2. The molecule has 0 aliphatic carbocycles. The van der Waals surface area contributed by atoms with Crippen molar-refractivity contribution < 1.29 is 32.2 Å². The molecule has 43 heavy (non-hydrogen) atoms. The third-order valence-electron chi connectivity index (χ3n) is 6.34. The van der Waals surface area contributed by atoms with Crippen molar-refractivity contribution in [1.29, 1.82) is 0 Å². The van der Waals surface area contributed by atoms with Gasteiger partial charge in [-0.2, -0.15) is 4.31 Å². The number of ether oxygens (including phenoxy) is 3. The monoisotopic (exact) mass is 612 g/mol. The van der Waals surface area contributed by atoms with Crippen LogP contribution in [0.5, 0.6) is 5.75 Å². The van der Waals surface area contributed by atoms with E-state index in [2.05, 4.69) is 15.3 Å². The fourth-order valence-corrected chi connectivity index (χ4v) is 5.21. The number of rotatable bonds is 0. The maximum atomic E-state index is 13.3. The van der Waals surface area contributed by atoms with Crippen molar-refractivity contribution in [1.82, 2.24) is 19.2 Å². The van der Waals surface area contributed by atoms with Gasteiger partial charge in [0, 0.05) is 32.2 Å². The molecule has 230 valence electrons. The van der Waals surface area contributed by atoms with Crippen molar-refractivity contribution in [2.24, 2.45) is 0 Å². The number of carbonyl (C=O) groups excluding carboxylic acids is 2. The first kappa shape index (κ1) is 31.7. The third kappa shape index (κ3) is 8.18. The summed E-state index contributed by atoms with van der Waals surface area (Å²) >= 11 is 0. The predicted octanol–water partition coefficient (Wildman–Crippen LogP) is 3.24. The van der Waals surface area contributed by atoms with Crippen LogP contribution in [0.15, 0.2) is 59.6 Å². The molecule has 0 fully saturated rings. The summed E-state index contributed by atoms with van der Waals surface area (Å²) in [4.78, 5) is 36.0. The molecule has 14 heteroatoms. The molecule has 3 N–H and O–H groups in total. The summed E-state index contributed by atoms with van der Waals surface area (Å²) in [5, 5.41) is 2.76. The summed E-state index contributed by atoms with van der Waals surface area (Å²) in [6.07, 6.45) is 0.827. The molecule has 3 aromatic rings. The van der Waals surface area contributed by atoms with Gasteiger partial charge in [0.25, 0.3) is 5.91 Å². The molecule has 0 spiro atoms. The topological polar surface area (TPSA) is 166 Å². The van der Waals surface area contributed by atoms with Crippen LogP contribution in [0.1, 0.15) is 31.3 Å². The SMILES string of the molecule is CN1CCN(C(=O)OC(C)(C)C)CCOCCOc2ccccc2NC(=O)c2nc(cnc2N)-c2ccc(cc2)S1(=O)=O. The van der Waals surface area contributed by atoms with E-state index in [1.165, 1.54) is 34.6 Å². The maximum absolute atomic E-state index is 13.3. The standard InChI is InChI=1S/C29H36N6O7S/c1-29(2,3)42-28(37)35-14-13-34(4)43(38,39)21-11-9-20(10-12-21)23-19-31-26(30)25(32-23)27(36)33-22-7-5-6-8-24(22)41-18-17-40-16-15-35/h5-12,19H,13-18H2,1-4H3,(H2,30,31)(H,33,36). The highest BCUT2D eigenvalue weighted by atomic mass is 32.2. The first-order chi connectivity index (χ1) is 20.3. The van der Waals surface area contributed by atoms with Crippen LogP contribution in [0.2, 0.25) is 0 Å². The Bertz CT molecular complexity index is 1560. The van der Waals surface area contributed by atoms with Crippen LogP contribution in [-0.4, -0.2) is 91.7 Å². The highest BCUT2D eigenvalue weighted by Crippen LogP contribution is 2.26. The Kier molecular flexibility index (Phi) is 9.84. The van der Waals surface area contributed by atoms with Crippen LogP contribution >= 0.6 is 0 Å². The third-order valence-corrected chi connectivity index (χ3v) is 8.21. The number of sulfonamides is 1. The minimum atomic E-state index is -3.89. The molecule has 0 saturated heterocycles. The number of nitrogen functional groups attached to an aromatic ring is 1. The molecule has 0 atom stereocenters. The van der Waals surface area contributed by atoms with Gasteiger partial charge in [0.1, 0.15) is 18.0 Å². The zero-order valence-electron chi connectivity index (χ0n) is 24.6. The molecule has 2 aromatic carbocycles. The van der Waals surface area contributed by atoms with Crippen molar-refractivity contribution >= 4 is 33.5 Å². The molecular formula is C29H36N6O7S. The molecule has 1 aromatic heterocycles.